The smallest absolute Gasteiger partial charge is 0.232 e. The molecule has 0 fully saturated rings. The van der Waals surface area contributed by atoms with Gasteiger partial charge >= 0.3 is 0 Å². The van der Waals surface area contributed by atoms with Crippen molar-refractivity contribution in [1.82, 2.24) is 0 Å². The van der Waals surface area contributed by atoms with Gasteiger partial charge in [0.1, 0.15) is 5.75 Å². The maximum atomic E-state index is 13.4. The van der Waals surface area contributed by atoms with Crippen LogP contribution < -0.4 is 19.1 Å². The number of hydrogen-bond acceptors (Lipinski definition) is 4. The molecular weight excluding hydrogens is 470 g/mol. The molecule has 1 amide bonds. The van der Waals surface area contributed by atoms with Crippen LogP contribution in [0.2, 0.25) is 0 Å². The molecule has 0 aromatic heterocycles. The third-order valence-corrected chi connectivity index (χ3v) is 6.03. The molecule has 3 aromatic carbocycles. The number of hydrogen-bond donors (Lipinski definition) is 0. The number of ether oxygens (including phenoxy) is 3. The highest BCUT2D eigenvalue weighted by molar-refractivity contribution is 9.10. The van der Waals surface area contributed by atoms with Gasteiger partial charge in [-0.05, 0) is 79.1 Å². The zero-order valence-electron chi connectivity index (χ0n) is 18.4. The second kappa shape index (κ2) is 9.65. The number of nitrogens with zero attached hydrogens (tertiary/aromatic N) is 1. The fourth-order valence-electron chi connectivity index (χ4n) is 4.10. The molecule has 1 unspecified atom stereocenters. The largest absolute Gasteiger partial charge is 0.497 e. The number of rotatable bonds is 7. The molecule has 1 aliphatic rings. The molecule has 1 atom stereocenters. The zero-order chi connectivity index (χ0) is 22.7. The van der Waals surface area contributed by atoms with Crippen LogP contribution >= 0.6 is 15.9 Å². The van der Waals surface area contributed by atoms with Crippen LogP contribution in [0.4, 0.5) is 5.69 Å². The number of methoxy groups -OCH3 is 1. The van der Waals surface area contributed by atoms with Crippen LogP contribution in [-0.4, -0.2) is 26.2 Å². The van der Waals surface area contributed by atoms with E-state index in [2.05, 4.69) is 15.9 Å². The van der Waals surface area contributed by atoms with Crippen molar-refractivity contribution >= 4 is 27.5 Å². The predicted octanol–water partition coefficient (Wildman–Crippen LogP) is 5.93. The minimum absolute atomic E-state index is 0.0345. The lowest BCUT2D eigenvalue weighted by Gasteiger charge is -2.38. The molecule has 0 bridgehead atoms. The molecule has 0 saturated heterocycles. The molecule has 3 aromatic rings. The number of carbonyl (C=O) groups is 1. The summed E-state index contributed by atoms with van der Waals surface area (Å²) in [7, 11) is 1.65. The van der Waals surface area contributed by atoms with Crippen molar-refractivity contribution in [2.45, 2.75) is 26.3 Å². The monoisotopic (exact) mass is 495 g/mol. The summed E-state index contributed by atoms with van der Waals surface area (Å²) in [6.07, 6.45) is 0.296. The van der Waals surface area contributed by atoms with Gasteiger partial charge in [-0.3, -0.25) is 4.79 Å². The van der Waals surface area contributed by atoms with Gasteiger partial charge < -0.3 is 19.1 Å². The normalized spacial score (nSPS) is 15.3. The van der Waals surface area contributed by atoms with Crippen molar-refractivity contribution < 1.29 is 19.0 Å². The highest BCUT2D eigenvalue weighted by atomic mass is 79.9. The van der Waals surface area contributed by atoms with E-state index in [9.17, 15) is 4.79 Å². The summed E-state index contributed by atoms with van der Waals surface area (Å²) in [5.41, 5.74) is 3.83. The van der Waals surface area contributed by atoms with Gasteiger partial charge in [0.15, 0.2) is 11.5 Å². The van der Waals surface area contributed by atoms with Gasteiger partial charge in [-0.25, -0.2) is 0 Å². The maximum Gasteiger partial charge on any atom is 0.232 e. The van der Waals surface area contributed by atoms with Gasteiger partial charge in [0.05, 0.1) is 32.8 Å². The summed E-state index contributed by atoms with van der Waals surface area (Å²) in [5, 5.41) is 0. The first kappa shape index (κ1) is 22.2. The molecule has 166 valence electrons. The lowest BCUT2D eigenvalue weighted by molar-refractivity contribution is -0.118. The average Bonchev–Trinajstić information content (AvgIpc) is 2.80. The number of carbonyl (C=O) groups excluding carboxylic acids is 1. The number of benzene rings is 3. The summed E-state index contributed by atoms with van der Waals surface area (Å²) in [4.78, 5) is 15.3. The second-order valence-corrected chi connectivity index (χ2v) is 8.37. The third kappa shape index (κ3) is 4.32. The Morgan fingerprint density at radius 2 is 1.56 bits per heavy atom. The van der Waals surface area contributed by atoms with E-state index in [0.29, 0.717) is 31.1 Å². The number of anilines is 1. The number of amides is 1. The molecule has 0 N–H and O–H groups in total. The van der Waals surface area contributed by atoms with E-state index in [-0.39, 0.29) is 11.9 Å². The molecule has 0 saturated carbocycles. The van der Waals surface area contributed by atoms with Crippen LogP contribution in [0.1, 0.15) is 36.6 Å². The molecule has 1 aliphatic heterocycles. The third-order valence-electron chi connectivity index (χ3n) is 5.50. The summed E-state index contributed by atoms with van der Waals surface area (Å²) in [6, 6.07) is 19.4. The Morgan fingerprint density at radius 3 is 2.16 bits per heavy atom. The summed E-state index contributed by atoms with van der Waals surface area (Å²) >= 11 is 3.49. The van der Waals surface area contributed by atoms with Gasteiger partial charge in [0, 0.05) is 10.2 Å². The van der Waals surface area contributed by atoms with E-state index in [1.54, 1.807) is 7.11 Å². The van der Waals surface area contributed by atoms with E-state index in [1.807, 2.05) is 79.4 Å². The Labute approximate surface area is 197 Å². The molecule has 1 heterocycles. The number of fused-ring (bicyclic) bond motifs is 1. The predicted molar refractivity (Wildman–Crippen MR) is 129 cm³/mol. The molecule has 32 heavy (non-hydrogen) atoms. The number of halogens is 1. The lowest BCUT2D eigenvalue weighted by Crippen LogP contribution is -2.41. The van der Waals surface area contributed by atoms with Crippen LogP contribution in [0.15, 0.2) is 65.1 Å². The van der Waals surface area contributed by atoms with Gasteiger partial charge in [-0.1, -0.05) is 28.1 Å². The summed E-state index contributed by atoms with van der Waals surface area (Å²) < 4.78 is 18.0. The maximum absolute atomic E-state index is 13.4. The topological polar surface area (TPSA) is 48.0 Å². The Kier molecular flexibility index (Phi) is 6.70. The minimum atomic E-state index is -0.298. The zero-order valence-corrected chi connectivity index (χ0v) is 20.0. The molecule has 4 rings (SSSR count). The van der Waals surface area contributed by atoms with Gasteiger partial charge in [-0.15, -0.1) is 0 Å². The van der Waals surface area contributed by atoms with Crippen molar-refractivity contribution in [3.63, 3.8) is 0 Å². The van der Waals surface area contributed by atoms with Crippen LogP contribution in [0.5, 0.6) is 17.2 Å². The first-order chi connectivity index (χ1) is 15.5. The highest BCUT2D eigenvalue weighted by Gasteiger charge is 2.36. The SMILES string of the molecule is CCOc1cc2c(cc1OCC)C(c1ccc(OC)cc1)N(c1ccc(Br)cc1)C(=O)C2. The quantitative estimate of drug-likeness (QED) is 0.407. The first-order valence-electron chi connectivity index (χ1n) is 10.7. The van der Waals surface area contributed by atoms with Crippen LogP contribution in [0.3, 0.4) is 0 Å². The average molecular weight is 496 g/mol. The molecule has 6 heteroatoms. The first-order valence-corrected chi connectivity index (χ1v) is 11.5. The van der Waals surface area contributed by atoms with Crippen molar-refractivity contribution in [3.8, 4) is 17.2 Å². The second-order valence-electron chi connectivity index (χ2n) is 7.46. The fraction of sp³-hybridized carbons (Fsp3) is 0.269. The van der Waals surface area contributed by atoms with Crippen molar-refractivity contribution in [2.24, 2.45) is 0 Å². The van der Waals surface area contributed by atoms with Crippen LogP contribution in [0, 0.1) is 0 Å². The molecule has 5 nitrogen and oxygen atoms in total. The Balaban J connectivity index is 1.90. The standard InChI is InChI=1S/C26H26BrNO4/c1-4-31-23-14-18-15-25(29)28(20-10-8-19(27)9-11-20)26(22(18)16-24(23)32-5-2)17-6-12-21(30-3)13-7-17/h6-14,16,26H,4-5,15H2,1-3H3. The molecule has 0 aliphatic carbocycles. The van der Waals surface area contributed by atoms with Gasteiger partial charge in [0.25, 0.3) is 0 Å². The van der Waals surface area contributed by atoms with Crippen LogP contribution in [0.25, 0.3) is 0 Å². The van der Waals surface area contributed by atoms with Crippen LogP contribution in [-0.2, 0) is 11.2 Å². The van der Waals surface area contributed by atoms with Crippen molar-refractivity contribution in [3.05, 3.63) is 81.8 Å². The molecular formula is C26H26BrNO4. The molecule has 0 spiro atoms. The van der Waals surface area contributed by atoms with E-state index in [4.69, 9.17) is 14.2 Å². The van der Waals surface area contributed by atoms with Gasteiger partial charge in [0.2, 0.25) is 5.91 Å². The van der Waals surface area contributed by atoms with E-state index < -0.39 is 0 Å². The van der Waals surface area contributed by atoms with Crippen molar-refractivity contribution in [1.29, 1.82) is 0 Å². The van der Waals surface area contributed by atoms with E-state index in [1.165, 1.54) is 0 Å². The Morgan fingerprint density at radius 1 is 0.938 bits per heavy atom. The Bertz CT molecular complexity index is 1100. The lowest BCUT2D eigenvalue weighted by atomic mass is 9.86. The van der Waals surface area contributed by atoms with E-state index in [0.717, 1.165) is 32.6 Å². The van der Waals surface area contributed by atoms with E-state index >= 15 is 0 Å². The Hall–Kier alpha value is -2.99. The summed E-state index contributed by atoms with van der Waals surface area (Å²) in [5.74, 6) is 2.17. The minimum Gasteiger partial charge on any atom is -0.497 e. The summed E-state index contributed by atoms with van der Waals surface area (Å²) in [6.45, 7) is 4.95. The highest BCUT2D eigenvalue weighted by Crippen LogP contribution is 2.43. The van der Waals surface area contributed by atoms with Crippen molar-refractivity contribution in [2.75, 3.05) is 25.2 Å². The fourth-order valence-corrected chi connectivity index (χ4v) is 4.37. The van der Waals surface area contributed by atoms with Gasteiger partial charge in [-0.2, -0.15) is 0 Å². The molecule has 0 radical (unpaired) electrons.